The molecular weight excluding hydrogens is 180 g/mol. The molecule has 14 heavy (non-hydrogen) atoms. The molecule has 0 aliphatic carbocycles. The maximum Gasteiger partial charge on any atom is 0.171 e. The Bertz CT molecular complexity index is 352. The summed E-state index contributed by atoms with van der Waals surface area (Å²) in [5.74, 6) is -0.245. The van der Waals surface area contributed by atoms with Crippen LogP contribution in [0.2, 0.25) is 0 Å². The van der Waals surface area contributed by atoms with Gasteiger partial charge in [-0.25, -0.2) is 0 Å². The zero-order chi connectivity index (χ0) is 9.97. The van der Waals surface area contributed by atoms with Gasteiger partial charge < -0.3 is 4.74 Å². The summed E-state index contributed by atoms with van der Waals surface area (Å²) in [7, 11) is 0. The van der Waals surface area contributed by atoms with E-state index >= 15 is 0 Å². The molecule has 1 aliphatic heterocycles. The molecule has 0 bridgehead atoms. The van der Waals surface area contributed by atoms with E-state index in [4.69, 9.17) is 4.74 Å². The largest absolute Gasteiger partial charge is 0.365 e. The first-order valence-electron chi connectivity index (χ1n) is 4.50. The molecule has 0 aromatic heterocycles. The average Bonchev–Trinajstić information content (AvgIpc) is 3.02. The lowest BCUT2D eigenvalue weighted by atomic mass is 10.1. The van der Waals surface area contributed by atoms with E-state index in [0.29, 0.717) is 12.2 Å². The van der Waals surface area contributed by atoms with Crippen molar-refractivity contribution in [2.75, 3.05) is 6.61 Å². The first kappa shape index (κ1) is 9.09. The van der Waals surface area contributed by atoms with Crippen molar-refractivity contribution in [1.29, 1.82) is 0 Å². The SMILES string of the molecule is O=C(CC(=O)C1CO1)c1ccccc1. The van der Waals surface area contributed by atoms with Crippen molar-refractivity contribution in [3.63, 3.8) is 0 Å². The van der Waals surface area contributed by atoms with Gasteiger partial charge in [-0.15, -0.1) is 0 Å². The summed E-state index contributed by atoms with van der Waals surface area (Å²) in [6.07, 6.45) is -0.364. The van der Waals surface area contributed by atoms with Gasteiger partial charge in [-0.2, -0.15) is 0 Å². The predicted octanol–water partition coefficient (Wildman–Crippen LogP) is 1.23. The molecule has 1 saturated heterocycles. The van der Waals surface area contributed by atoms with Gasteiger partial charge in [-0.05, 0) is 0 Å². The fourth-order valence-corrected chi connectivity index (χ4v) is 1.23. The van der Waals surface area contributed by atoms with E-state index < -0.39 is 0 Å². The minimum atomic E-state index is -0.317. The summed E-state index contributed by atoms with van der Waals surface area (Å²) in [5.41, 5.74) is 0.585. The topological polar surface area (TPSA) is 46.7 Å². The van der Waals surface area contributed by atoms with Gasteiger partial charge in [0.15, 0.2) is 11.6 Å². The molecular formula is C11H10O3. The lowest BCUT2D eigenvalue weighted by molar-refractivity contribution is -0.119. The lowest BCUT2D eigenvalue weighted by Gasteiger charge is -1.97. The Hall–Kier alpha value is -1.48. The van der Waals surface area contributed by atoms with Gasteiger partial charge in [0.2, 0.25) is 0 Å². The number of hydrogen-bond acceptors (Lipinski definition) is 3. The minimum absolute atomic E-state index is 0.0469. The molecule has 1 unspecified atom stereocenters. The van der Waals surface area contributed by atoms with Crippen LogP contribution in [0, 0.1) is 0 Å². The first-order chi connectivity index (χ1) is 6.77. The number of carbonyl (C=O) groups is 2. The molecule has 0 N–H and O–H groups in total. The molecule has 1 fully saturated rings. The smallest absolute Gasteiger partial charge is 0.171 e. The molecule has 1 aromatic rings. The van der Waals surface area contributed by atoms with Crippen molar-refractivity contribution < 1.29 is 14.3 Å². The zero-order valence-electron chi connectivity index (χ0n) is 7.60. The number of ketones is 2. The Morgan fingerprint density at radius 1 is 1.29 bits per heavy atom. The molecule has 0 saturated carbocycles. The van der Waals surface area contributed by atoms with Crippen LogP contribution in [0.4, 0.5) is 0 Å². The van der Waals surface area contributed by atoms with Crippen LogP contribution in [-0.4, -0.2) is 24.3 Å². The Balaban J connectivity index is 1.98. The highest BCUT2D eigenvalue weighted by atomic mass is 16.6. The van der Waals surface area contributed by atoms with Crippen molar-refractivity contribution in [2.24, 2.45) is 0 Å². The van der Waals surface area contributed by atoms with E-state index in [0.717, 1.165) is 0 Å². The molecule has 1 heterocycles. The summed E-state index contributed by atoms with van der Waals surface area (Å²) in [6.45, 7) is 0.473. The number of Topliss-reactive ketones (excluding diaryl/α,β-unsaturated/α-hetero) is 2. The fourth-order valence-electron chi connectivity index (χ4n) is 1.23. The van der Waals surface area contributed by atoms with E-state index in [1.807, 2.05) is 6.07 Å². The molecule has 3 nitrogen and oxygen atoms in total. The van der Waals surface area contributed by atoms with E-state index in [1.165, 1.54) is 0 Å². The van der Waals surface area contributed by atoms with E-state index in [-0.39, 0.29) is 24.1 Å². The van der Waals surface area contributed by atoms with Crippen LogP contribution in [0.3, 0.4) is 0 Å². The number of rotatable bonds is 4. The zero-order valence-corrected chi connectivity index (χ0v) is 7.60. The Morgan fingerprint density at radius 3 is 2.50 bits per heavy atom. The van der Waals surface area contributed by atoms with Crippen LogP contribution >= 0.6 is 0 Å². The number of carbonyl (C=O) groups excluding carboxylic acids is 2. The first-order valence-corrected chi connectivity index (χ1v) is 4.50. The molecule has 1 aromatic carbocycles. The number of ether oxygens (including phenoxy) is 1. The van der Waals surface area contributed by atoms with Gasteiger partial charge in [0.1, 0.15) is 6.10 Å². The van der Waals surface area contributed by atoms with Gasteiger partial charge in [-0.3, -0.25) is 9.59 Å². The summed E-state index contributed by atoms with van der Waals surface area (Å²) in [5, 5.41) is 0. The third-order valence-electron chi connectivity index (χ3n) is 2.12. The number of hydrogen-bond donors (Lipinski definition) is 0. The lowest BCUT2D eigenvalue weighted by Crippen LogP contribution is -2.13. The van der Waals surface area contributed by atoms with E-state index in [1.54, 1.807) is 24.3 Å². The summed E-state index contributed by atoms with van der Waals surface area (Å²) in [6, 6.07) is 8.83. The fraction of sp³-hybridized carbons (Fsp3) is 0.273. The second-order valence-electron chi connectivity index (χ2n) is 3.25. The quantitative estimate of drug-likeness (QED) is 0.407. The van der Waals surface area contributed by atoms with Crippen LogP contribution in [0.15, 0.2) is 30.3 Å². The molecule has 2 rings (SSSR count). The highest BCUT2D eigenvalue weighted by Crippen LogP contribution is 2.14. The standard InChI is InChI=1S/C11H10O3/c12-9(6-10(13)11-7-14-11)8-4-2-1-3-5-8/h1-5,11H,6-7H2. The van der Waals surface area contributed by atoms with Gasteiger partial charge in [0.25, 0.3) is 0 Å². The molecule has 3 heteroatoms. The maximum absolute atomic E-state index is 11.5. The van der Waals surface area contributed by atoms with Crippen molar-refractivity contribution in [1.82, 2.24) is 0 Å². The molecule has 1 aliphatic rings. The Labute approximate surface area is 81.7 Å². The molecule has 0 spiro atoms. The van der Waals surface area contributed by atoms with E-state index in [2.05, 4.69) is 0 Å². The number of benzene rings is 1. The van der Waals surface area contributed by atoms with Crippen LogP contribution in [-0.2, 0) is 9.53 Å². The Kier molecular flexibility index (Phi) is 2.41. The second kappa shape index (κ2) is 3.72. The summed E-state index contributed by atoms with van der Waals surface area (Å²) >= 11 is 0. The maximum atomic E-state index is 11.5. The van der Waals surface area contributed by atoms with Gasteiger partial charge in [-0.1, -0.05) is 30.3 Å². The average molecular weight is 190 g/mol. The molecule has 1 atom stereocenters. The van der Waals surface area contributed by atoms with Crippen molar-refractivity contribution >= 4 is 11.6 Å². The summed E-state index contributed by atoms with van der Waals surface area (Å²) < 4.78 is 4.81. The highest BCUT2D eigenvalue weighted by Gasteiger charge is 2.32. The van der Waals surface area contributed by atoms with Crippen molar-refractivity contribution in [2.45, 2.75) is 12.5 Å². The van der Waals surface area contributed by atoms with Crippen LogP contribution in [0.5, 0.6) is 0 Å². The minimum Gasteiger partial charge on any atom is -0.365 e. The van der Waals surface area contributed by atoms with Gasteiger partial charge >= 0.3 is 0 Å². The predicted molar refractivity (Wildman–Crippen MR) is 50.1 cm³/mol. The Morgan fingerprint density at radius 2 is 1.93 bits per heavy atom. The molecule has 0 radical (unpaired) electrons. The number of epoxide rings is 1. The van der Waals surface area contributed by atoms with Crippen molar-refractivity contribution in [3.8, 4) is 0 Å². The van der Waals surface area contributed by atoms with Crippen LogP contribution in [0.1, 0.15) is 16.8 Å². The van der Waals surface area contributed by atoms with Crippen LogP contribution < -0.4 is 0 Å². The van der Waals surface area contributed by atoms with Crippen molar-refractivity contribution in [3.05, 3.63) is 35.9 Å². The monoisotopic (exact) mass is 190 g/mol. The summed E-state index contributed by atoms with van der Waals surface area (Å²) in [4.78, 5) is 22.8. The molecule has 0 amide bonds. The normalized spacial score (nSPS) is 19.0. The van der Waals surface area contributed by atoms with E-state index in [9.17, 15) is 9.59 Å². The van der Waals surface area contributed by atoms with Crippen LogP contribution in [0.25, 0.3) is 0 Å². The highest BCUT2D eigenvalue weighted by molar-refractivity contribution is 6.09. The third kappa shape index (κ3) is 2.06. The second-order valence-corrected chi connectivity index (χ2v) is 3.25. The van der Waals surface area contributed by atoms with Gasteiger partial charge in [0.05, 0.1) is 13.0 Å². The van der Waals surface area contributed by atoms with Gasteiger partial charge in [0, 0.05) is 5.56 Å². The third-order valence-corrected chi connectivity index (χ3v) is 2.12. The molecule has 72 valence electrons.